The van der Waals surface area contributed by atoms with Gasteiger partial charge in [-0.1, -0.05) is 41.4 Å². The number of halogens is 2. The van der Waals surface area contributed by atoms with Crippen molar-refractivity contribution in [3.05, 3.63) is 74.5 Å². The highest BCUT2D eigenvalue weighted by atomic mass is 35.5. The molecule has 4 heterocycles. The molecule has 2 amide bonds. The van der Waals surface area contributed by atoms with Gasteiger partial charge >= 0.3 is 0 Å². The van der Waals surface area contributed by atoms with E-state index in [0.29, 0.717) is 59.2 Å². The van der Waals surface area contributed by atoms with Crippen LogP contribution in [0.15, 0.2) is 53.3 Å². The van der Waals surface area contributed by atoms with Gasteiger partial charge in [0.2, 0.25) is 11.5 Å². The lowest BCUT2D eigenvalue weighted by Crippen LogP contribution is -2.63. The third kappa shape index (κ3) is 4.55. The van der Waals surface area contributed by atoms with Gasteiger partial charge in [-0.25, -0.2) is 0 Å². The standard InChI is InChI=1S/C28H28Cl2N4O4/c29-21-6-5-18(13-22(21)30)33-11-12-34(26(36)20-14-25(35)31-23-4-2-1-3-19(20)23)24(15-33)27(37)32-9-7-28(8-10-32)16-38-17-28/h1-6,13-14,24H,7-12,15-17H2,(H,31,35). The number of rotatable bonds is 3. The van der Waals surface area contributed by atoms with Gasteiger partial charge in [-0.2, -0.15) is 0 Å². The van der Waals surface area contributed by atoms with Crippen LogP contribution in [0.1, 0.15) is 23.2 Å². The number of benzene rings is 2. The molecular formula is C28H28Cl2N4O4. The summed E-state index contributed by atoms with van der Waals surface area (Å²) in [5.74, 6) is -0.396. The fraction of sp³-hybridized carbons (Fsp3) is 0.393. The first-order valence-electron chi connectivity index (χ1n) is 12.8. The number of H-pyrrole nitrogens is 1. The number of hydrogen-bond donors (Lipinski definition) is 1. The van der Waals surface area contributed by atoms with Crippen LogP contribution in [0.5, 0.6) is 0 Å². The number of anilines is 1. The van der Waals surface area contributed by atoms with Crippen LogP contribution in [0.2, 0.25) is 10.0 Å². The maximum absolute atomic E-state index is 14.0. The van der Waals surface area contributed by atoms with E-state index in [1.54, 1.807) is 23.1 Å². The second-order valence-corrected chi connectivity index (χ2v) is 11.3. The van der Waals surface area contributed by atoms with Crippen LogP contribution in [0, 0.1) is 5.41 Å². The highest BCUT2D eigenvalue weighted by Gasteiger charge is 2.45. The summed E-state index contributed by atoms with van der Waals surface area (Å²) >= 11 is 12.4. The molecule has 3 aliphatic rings. The van der Waals surface area contributed by atoms with Crippen molar-refractivity contribution in [1.29, 1.82) is 0 Å². The molecule has 3 fully saturated rings. The lowest BCUT2D eigenvalue weighted by molar-refractivity contribution is -0.156. The molecule has 38 heavy (non-hydrogen) atoms. The Morgan fingerprint density at radius 3 is 2.42 bits per heavy atom. The highest BCUT2D eigenvalue weighted by molar-refractivity contribution is 6.42. The number of amides is 2. The maximum atomic E-state index is 14.0. The molecule has 3 aliphatic heterocycles. The molecule has 1 unspecified atom stereocenters. The average molecular weight is 555 g/mol. The van der Waals surface area contributed by atoms with Crippen molar-refractivity contribution in [2.24, 2.45) is 5.41 Å². The zero-order valence-electron chi connectivity index (χ0n) is 20.8. The van der Waals surface area contributed by atoms with Gasteiger partial charge < -0.3 is 24.4 Å². The quantitative estimate of drug-likeness (QED) is 0.532. The molecule has 198 valence electrons. The van der Waals surface area contributed by atoms with Gasteiger partial charge in [0.1, 0.15) is 6.04 Å². The number of carbonyl (C=O) groups is 2. The molecular weight excluding hydrogens is 527 g/mol. The molecule has 0 aliphatic carbocycles. The third-order valence-corrected chi connectivity index (χ3v) is 8.87. The van der Waals surface area contributed by atoms with Crippen LogP contribution in [0.4, 0.5) is 5.69 Å². The summed E-state index contributed by atoms with van der Waals surface area (Å²) in [7, 11) is 0. The molecule has 0 radical (unpaired) electrons. The SMILES string of the molecule is O=C(C1CN(c2ccc(Cl)c(Cl)c2)CCN1C(=O)c1cc(=O)[nH]c2ccccc12)N1CCC2(CC1)COC2. The summed E-state index contributed by atoms with van der Waals surface area (Å²) in [6, 6.07) is 13.2. The van der Waals surface area contributed by atoms with Gasteiger partial charge in [-0.05, 0) is 37.1 Å². The Balaban J connectivity index is 1.32. The van der Waals surface area contributed by atoms with E-state index in [1.165, 1.54) is 6.07 Å². The van der Waals surface area contributed by atoms with E-state index < -0.39 is 6.04 Å². The van der Waals surface area contributed by atoms with E-state index in [0.717, 1.165) is 31.7 Å². The number of nitrogens with one attached hydrogen (secondary N) is 1. The normalized spacial score (nSPS) is 21.0. The van der Waals surface area contributed by atoms with E-state index >= 15 is 0 Å². The number of aromatic amines is 1. The predicted molar refractivity (Wildman–Crippen MR) is 147 cm³/mol. The summed E-state index contributed by atoms with van der Waals surface area (Å²) in [6.07, 6.45) is 1.79. The van der Waals surface area contributed by atoms with Crippen LogP contribution in [0.25, 0.3) is 10.9 Å². The molecule has 2 aromatic carbocycles. The van der Waals surface area contributed by atoms with Crippen molar-refractivity contribution in [1.82, 2.24) is 14.8 Å². The first kappa shape index (κ1) is 25.2. The summed E-state index contributed by atoms with van der Waals surface area (Å²) in [4.78, 5) is 48.8. The highest BCUT2D eigenvalue weighted by Crippen LogP contribution is 2.39. The second kappa shape index (κ2) is 9.91. The first-order valence-corrected chi connectivity index (χ1v) is 13.6. The molecule has 8 nitrogen and oxygen atoms in total. The number of fused-ring (bicyclic) bond motifs is 1. The number of piperidine rings is 1. The van der Waals surface area contributed by atoms with E-state index in [4.69, 9.17) is 27.9 Å². The molecule has 3 saturated heterocycles. The number of piperazine rings is 1. The van der Waals surface area contributed by atoms with Crippen molar-refractivity contribution in [3.8, 4) is 0 Å². The average Bonchev–Trinajstić information content (AvgIpc) is 2.92. The van der Waals surface area contributed by atoms with Crippen molar-refractivity contribution in [3.63, 3.8) is 0 Å². The minimum Gasteiger partial charge on any atom is -0.380 e. The van der Waals surface area contributed by atoms with Crippen molar-refractivity contribution >= 4 is 51.6 Å². The van der Waals surface area contributed by atoms with E-state index in [9.17, 15) is 14.4 Å². The number of ether oxygens (including phenoxy) is 1. The fourth-order valence-electron chi connectivity index (χ4n) is 5.78. The summed E-state index contributed by atoms with van der Waals surface area (Å²) < 4.78 is 5.44. The maximum Gasteiger partial charge on any atom is 0.255 e. The van der Waals surface area contributed by atoms with Crippen LogP contribution in [-0.4, -0.2) is 78.6 Å². The molecule has 10 heteroatoms. The van der Waals surface area contributed by atoms with Gasteiger partial charge in [-0.3, -0.25) is 14.4 Å². The zero-order valence-corrected chi connectivity index (χ0v) is 22.3. The largest absolute Gasteiger partial charge is 0.380 e. The van der Waals surface area contributed by atoms with E-state index in [-0.39, 0.29) is 22.8 Å². The van der Waals surface area contributed by atoms with Gasteiger partial charge in [0.15, 0.2) is 0 Å². The van der Waals surface area contributed by atoms with Crippen molar-refractivity contribution < 1.29 is 14.3 Å². The monoisotopic (exact) mass is 554 g/mol. The summed E-state index contributed by atoms with van der Waals surface area (Å²) in [5, 5.41) is 1.55. The van der Waals surface area contributed by atoms with Crippen LogP contribution >= 0.6 is 23.2 Å². The van der Waals surface area contributed by atoms with Gasteiger partial charge in [0.05, 0.1) is 28.8 Å². The molecule has 3 aromatic rings. The minimum absolute atomic E-state index is 0.0765. The predicted octanol–water partition coefficient (Wildman–Crippen LogP) is 3.80. The Bertz CT molecular complexity index is 1460. The van der Waals surface area contributed by atoms with E-state index in [2.05, 4.69) is 9.88 Å². The molecule has 1 N–H and O–H groups in total. The number of aromatic nitrogens is 1. The summed E-state index contributed by atoms with van der Waals surface area (Å²) in [6.45, 7) is 3.93. The molecule has 0 saturated carbocycles. The Morgan fingerprint density at radius 2 is 1.71 bits per heavy atom. The molecule has 0 bridgehead atoms. The Hall–Kier alpha value is -3.07. The van der Waals surface area contributed by atoms with Gasteiger partial charge in [-0.15, -0.1) is 0 Å². The fourth-order valence-corrected chi connectivity index (χ4v) is 6.07. The number of likely N-dealkylation sites (tertiary alicyclic amines) is 1. The second-order valence-electron chi connectivity index (χ2n) is 10.5. The number of para-hydroxylation sites is 1. The van der Waals surface area contributed by atoms with Crippen LogP contribution in [0.3, 0.4) is 0 Å². The number of pyridine rings is 1. The molecule has 1 spiro atoms. The van der Waals surface area contributed by atoms with Gasteiger partial charge in [0.25, 0.3) is 5.91 Å². The lowest BCUT2D eigenvalue weighted by atomic mass is 9.76. The molecule has 1 aromatic heterocycles. The van der Waals surface area contributed by atoms with Crippen LogP contribution < -0.4 is 10.5 Å². The Labute approximate surface area is 230 Å². The third-order valence-electron chi connectivity index (χ3n) is 8.13. The Kier molecular flexibility index (Phi) is 6.58. The number of carbonyl (C=O) groups excluding carboxylic acids is 2. The first-order chi connectivity index (χ1) is 18.3. The van der Waals surface area contributed by atoms with Crippen molar-refractivity contribution in [2.75, 3.05) is 50.8 Å². The minimum atomic E-state index is -0.713. The smallest absolute Gasteiger partial charge is 0.255 e. The lowest BCUT2D eigenvalue weighted by Gasteiger charge is -2.49. The molecule has 6 rings (SSSR count). The zero-order chi connectivity index (χ0) is 26.4. The van der Waals surface area contributed by atoms with Crippen LogP contribution in [-0.2, 0) is 9.53 Å². The van der Waals surface area contributed by atoms with Crippen molar-refractivity contribution in [2.45, 2.75) is 18.9 Å². The van der Waals surface area contributed by atoms with Gasteiger partial charge in [0, 0.05) is 60.8 Å². The summed E-state index contributed by atoms with van der Waals surface area (Å²) in [5.41, 5.74) is 1.57. The van der Waals surface area contributed by atoms with E-state index in [1.807, 2.05) is 29.2 Å². The molecule has 1 atom stereocenters. The topological polar surface area (TPSA) is 86.0 Å². The number of nitrogens with zero attached hydrogens (tertiary/aromatic N) is 3. The Morgan fingerprint density at radius 1 is 0.947 bits per heavy atom. The number of hydrogen-bond acceptors (Lipinski definition) is 5.